The van der Waals surface area contributed by atoms with Crippen LogP contribution in [0.3, 0.4) is 0 Å². The topological polar surface area (TPSA) is 114 Å². The van der Waals surface area contributed by atoms with Gasteiger partial charge < -0.3 is 10.1 Å². The van der Waals surface area contributed by atoms with Gasteiger partial charge in [-0.2, -0.15) is 0 Å². The second kappa shape index (κ2) is 7.72. The summed E-state index contributed by atoms with van der Waals surface area (Å²) in [7, 11) is 0. The largest absolute Gasteiger partial charge is 0.477 e. The molecule has 1 aromatic carbocycles. The first-order valence-electron chi connectivity index (χ1n) is 10.1. The molecular formula is C23H18ClN5O3. The van der Waals surface area contributed by atoms with Gasteiger partial charge in [0.2, 0.25) is 0 Å². The number of aromatic amines is 1. The lowest BCUT2D eigenvalue weighted by molar-refractivity contribution is 0.0690. The fourth-order valence-electron chi connectivity index (χ4n) is 4.07. The molecule has 0 spiro atoms. The molecule has 160 valence electrons. The lowest BCUT2D eigenvalue weighted by Crippen LogP contribution is -2.25. The summed E-state index contributed by atoms with van der Waals surface area (Å²) in [5.41, 5.74) is 3.35. The van der Waals surface area contributed by atoms with Crippen molar-refractivity contribution in [2.75, 3.05) is 0 Å². The van der Waals surface area contributed by atoms with Gasteiger partial charge in [-0.05, 0) is 31.5 Å². The van der Waals surface area contributed by atoms with Crippen molar-refractivity contribution in [1.82, 2.24) is 24.5 Å². The summed E-state index contributed by atoms with van der Waals surface area (Å²) < 4.78 is 1.65. The van der Waals surface area contributed by atoms with E-state index in [-0.39, 0.29) is 22.4 Å². The van der Waals surface area contributed by atoms with Crippen LogP contribution in [-0.2, 0) is 6.42 Å². The van der Waals surface area contributed by atoms with E-state index in [4.69, 9.17) is 16.6 Å². The van der Waals surface area contributed by atoms with Crippen LogP contribution >= 0.6 is 11.6 Å². The van der Waals surface area contributed by atoms with Gasteiger partial charge in [0.1, 0.15) is 28.2 Å². The number of carbonyl (C=O) groups is 1. The lowest BCUT2D eigenvalue weighted by atomic mass is 10.1. The zero-order valence-electron chi connectivity index (χ0n) is 17.0. The maximum Gasteiger partial charge on any atom is 0.354 e. The second-order valence-corrected chi connectivity index (χ2v) is 8.09. The highest BCUT2D eigenvalue weighted by atomic mass is 35.5. The molecule has 4 heterocycles. The van der Waals surface area contributed by atoms with Gasteiger partial charge in [-0.25, -0.2) is 19.7 Å². The fraction of sp³-hybridized carbons (Fsp3) is 0.174. The summed E-state index contributed by atoms with van der Waals surface area (Å²) in [5, 5.41) is 9.47. The Hall–Kier alpha value is -3.78. The van der Waals surface area contributed by atoms with Gasteiger partial charge >= 0.3 is 5.97 Å². The summed E-state index contributed by atoms with van der Waals surface area (Å²) in [5.74, 6) is 0.0975. The Morgan fingerprint density at radius 1 is 1.19 bits per heavy atom. The van der Waals surface area contributed by atoms with Gasteiger partial charge in [0.05, 0.1) is 11.7 Å². The summed E-state index contributed by atoms with van der Waals surface area (Å²) in [6, 6.07) is 12.2. The normalized spacial score (nSPS) is 15.0. The fourth-order valence-corrected chi connectivity index (χ4v) is 4.32. The van der Waals surface area contributed by atoms with Crippen LogP contribution in [0.1, 0.15) is 40.2 Å². The molecule has 2 N–H and O–H groups in total. The van der Waals surface area contributed by atoms with E-state index in [9.17, 15) is 14.7 Å². The Morgan fingerprint density at radius 2 is 2.03 bits per heavy atom. The molecule has 0 saturated carbocycles. The summed E-state index contributed by atoms with van der Waals surface area (Å²) in [6.45, 7) is 2.00. The first-order chi connectivity index (χ1) is 15.4. The molecule has 1 aliphatic heterocycles. The SMILES string of the molecule is Cc1cccc(-c2cc(=O)n3c(n2)CCC3c2nc(-c3ccnc(C(=O)O)c3)c(Cl)[nH]2)c1. The van der Waals surface area contributed by atoms with Crippen molar-refractivity contribution in [3.63, 3.8) is 0 Å². The molecule has 4 aromatic rings. The van der Waals surface area contributed by atoms with Crippen molar-refractivity contribution in [3.05, 3.63) is 87.1 Å². The molecule has 1 atom stereocenters. The molecule has 3 aromatic heterocycles. The molecule has 0 saturated heterocycles. The van der Waals surface area contributed by atoms with Gasteiger partial charge in [-0.3, -0.25) is 9.36 Å². The molecule has 0 radical (unpaired) electrons. The zero-order chi connectivity index (χ0) is 22.4. The number of rotatable bonds is 4. The third-order valence-corrected chi connectivity index (χ3v) is 5.81. The number of carboxylic acids is 1. The Bertz CT molecular complexity index is 1430. The molecule has 5 rings (SSSR count). The van der Waals surface area contributed by atoms with Gasteiger partial charge in [-0.1, -0.05) is 35.4 Å². The van der Waals surface area contributed by atoms with Gasteiger partial charge in [0.15, 0.2) is 0 Å². The van der Waals surface area contributed by atoms with Crippen molar-refractivity contribution >= 4 is 17.6 Å². The number of aryl methyl sites for hydroxylation is 2. The molecule has 0 fully saturated rings. The van der Waals surface area contributed by atoms with Crippen LogP contribution in [0.15, 0.2) is 53.5 Å². The van der Waals surface area contributed by atoms with E-state index in [1.807, 2.05) is 31.2 Å². The Morgan fingerprint density at radius 3 is 2.81 bits per heavy atom. The van der Waals surface area contributed by atoms with Crippen molar-refractivity contribution in [1.29, 1.82) is 0 Å². The minimum absolute atomic E-state index is 0.0987. The first kappa shape index (κ1) is 20.1. The zero-order valence-corrected chi connectivity index (χ0v) is 17.8. The number of fused-ring (bicyclic) bond motifs is 1. The van der Waals surface area contributed by atoms with Crippen LogP contribution < -0.4 is 5.56 Å². The highest BCUT2D eigenvalue weighted by Gasteiger charge is 2.30. The van der Waals surface area contributed by atoms with Crippen molar-refractivity contribution in [2.45, 2.75) is 25.8 Å². The minimum Gasteiger partial charge on any atom is -0.477 e. The van der Waals surface area contributed by atoms with Crippen molar-refractivity contribution < 1.29 is 9.90 Å². The number of hydrogen-bond donors (Lipinski definition) is 2. The minimum atomic E-state index is -1.13. The Labute approximate surface area is 187 Å². The molecule has 9 heteroatoms. The number of carboxylic acid groups (broad SMARTS) is 1. The highest BCUT2D eigenvalue weighted by Crippen LogP contribution is 2.33. The monoisotopic (exact) mass is 447 g/mol. The van der Waals surface area contributed by atoms with Crippen LogP contribution in [0.4, 0.5) is 0 Å². The lowest BCUT2D eigenvalue weighted by Gasteiger charge is -2.12. The van der Waals surface area contributed by atoms with Crippen LogP contribution in [0, 0.1) is 6.92 Å². The number of hydrogen-bond acceptors (Lipinski definition) is 5. The predicted molar refractivity (Wildman–Crippen MR) is 119 cm³/mol. The van der Waals surface area contributed by atoms with Crippen LogP contribution in [-0.4, -0.2) is 35.6 Å². The van der Waals surface area contributed by atoms with E-state index < -0.39 is 5.97 Å². The van der Waals surface area contributed by atoms with Crippen LogP contribution in [0.2, 0.25) is 5.15 Å². The van der Waals surface area contributed by atoms with Crippen LogP contribution in [0.5, 0.6) is 0 Å². The molecule has 0 aliphatic carbocycles. The van der Waals surface area contributed by atoms with E-state index in [0.29, 0.717) is 41.4 Å². The Kier molecular flexibility index (Phi) is 4.86. The molecule has 0 bridgehead atoms. The average molecular weight is 448 g/mol. The molecule has 0 amide bonds. The molecule has 1 unspecified atom stereocenters. The number of benzene rings is 1. The predicted octanol–water partition coefficient (Wildman–Crippen LogP) is 3.89. The highest BCUT2D eigenvalue weighted by molar-refractivity contribution is 6.31. The number of imidazole rings is 1. The molecule has 32 heavy (non-hydrogen) atoms. The maximum absolute atomic E-state index is 13.0. The van der Waals surface area contributed by atoms with Crippen molar-refractivity contribution in [2.24, 2.45) is 0 Å². The second-order valence-electron chi connectivity index (χ2n) is 7.71. The van der Waals surface area contributed by atoms with E-state index >= 15 is 0 Å². The number of nitrogens with zero attached hydrogens (tertiary/aromatic N) is 4. The summed E-state index contributed by atoms with van der Waals surface area (Å²) in [4.78, 5) is 40.5. The van der Waals surface area contributed by atoms with Gasteiger partial charge in [0, 0.05) is 29.8 Å². The Balaban J connectivity index is 1.53. The standard InChI is InChI=1S/C23H18ClN5O3/c1-12-3-2-4-13(9-12)15-11-19(30)29-17(5-6-18(29)26-15)22-27-20(21(24)28-22)14-7-8-25-16(10-14)23(31)32/h2-4,7-11,17H,5-6H2,1H3,(H,27,28)(H,31,32). The average Bonchev–Trinajstić information content (AvgIpc) is 3.37. The number of aromatic nitrogens is 5. The summed E-state index contributed by atoms with van der Waals surface area (Å²) in [6.07, 6.45) is 2.68. The number of H-pyrrole nitrogens is 1. The van der Waals surface area contributed by atoms with Crippen LogP contribution in [0.25, 0.3) is 22.5 Å². The van der Waals surface area contributed by atoms with Gasteiger partial charge in [-0.15, -0.1) is 0 Å². The van der Waals surface area contributed by atoms with E-state index in [2.05, 4.69) is 15.0 Å². The van der Waals surface area contributed by atoms with E-state index in [1.165, 1.54) is 12.3 Å². The third kappa shape index (κ3) is 3.48. The molecular weight excluding hydrogens is 430 g/mol. The van der Waals surface area contributed by atoms with Crippen molar-refractivity contribution in [3.8, 4) is 22.5 Å². The molecule has 1 aliphatic rings. The number of nitrogens with one attached hydrogen (secondary N) is 1. The quantitative estimate of drug-likeness (QED) is 0.490. The maximum atomic E-state index is 13.0. The van der Waals surface area contributed by atoms with E-state index in [1.54, 1.807) is 16.7 Å². The molecule has 8 nitrogen and oxygen atoms in total. The number of pyridine rings is 1. The third-order valence-electron chi connectivity index (χ3n) is 5.54. The first-order valence-corrected chi connectivity index (χ1v) is 10.4. The number of halogens is 1. The number of aromatic carboxylic acids is 1. The summed E-state index contributed by atoms with van der Waals surface area (Å²) >= 11 is 6.39. The smallest absolute Gasteiger partial charge is 0.354 e. The van der Waals surface area contributed by atoms with E-state index in [0.717, 1.165) is 11.1 Å². The van der Waals surface area contributed by atoms with Gasteiger partial charge in [0.25, 0.3) is 5.56 Å².